The van der Waals surface area contributed by atoms with Crippen LogP contribution in [0.2, 0.25) is 0 Å². The molecule has 2 heterocycles. The van der Waals surface area contributed by atoms with Crippen LogP contribution in [-0.2, 0) is 14.8 Å². The fraction of sp³-hybridized carbons (Fsp3) is 0.200. The first-order chi connectivity index (χ1) is 13.5. The smallest absolute Gasteiger partial charge is 0.335 e. The number of pyridine rings is 1. The number of carboxylic acids is 1. The Hall–Kier alpha value is -2.81. The van der Waals surface area contributed by atoms with Gasteiger partial charge < -0.3 is 9.84 Å². The molecule has 4 rings (SSSR count). The predicted molar refractivity (Wildman–Crippen MR) is 104 cm³/mol. The maximum absolute atomic E-state index is 13.1. The van der Waals surface area contributed by atoms with E-state index in [-0.39, 0.29) is 23.5 Å². The van der Waals surface area contributed by atoms with E-state index < -0.39 is 16.0 Å². The van der Waals surface area contributed by atoms with Crippen molar-refractivity contribution >= 4 is 26.9 Å². The van der Waals surface area contributed by atoms with E-state index >= 15 is 0 Å². The van der Waals surface area contributed by atoms with Gasteiger partial charge in [-0.3, -0.25) is 4.98 Å². The summed E-state index contributed by atoms with van der Waals surface area (Å²) in [5.41, 5.74) is 1.77. The number of hydrogen-bond donors (Lipinski definition) is 1. The van der Waals surface area contributed by atoms with Crippen LogP contribution < -0.4 is 0 Å². The van der Waals surface area contributed by atoms with Gasteiger partial charge in [0.25, 0.3) is 0 Å². The summed E-state index contributed by atoms with van der Waals surface area (Å²) >= 11 is 0. The maximum Gasteiger partial charge on any atom is 0.335 e. The number of benzene rings is 2. The van der Waals surface area contributed by atoms with Crippen molar-refractivity contribution in [2.75, 3.05) is 26.3 Å². The Bertz CT molecular complexity index is 1150. The molecule has 3 aromatic rings. The molecule has 1 aliphatic rings. The van der Waals surface area contributed by atoms with Crippen LogP contribution in [0.4, 0.5) is 0 Å². The Morgan fingerprint density at radius 2 is 1.82 bits per heavy atom. The zero-order chi connectivity index (χ0) is 19.7. The number of rotatable bonds is 4. The predicted octanol–water partition coefficient (Wildman–Crippen LogP) is 2.62. The van der Waals surface area contributed by atoms with E-state index in [1.807, 2.05) is 24.3 Å². The first kappa shape index (κ1) is 18.5. The Morgan fingerprint density at radius 3 is 2.57 bits per heavy atom. The van der Waals surface area contributed by atoms with Gasteiger partial charge in [0.05, 0.1) is 29.2 Å². The zero-order valence-electron chi connectivity index (χ0n) is 14.9. The van der Waals surface area contributed by atoms with E-state index in [0.717, 1.165) is 5.39 Å². The highest BCUT2D eigenvalue weighted by Gasteiger charge is 2.28. The summed E-state index contributed by atoms with van der Waals surface area (Å²) in [4.78, 5) is 16.0. The zero-order valence-corrected chi connectivity index (χ0v) is 15.7. The van der Waals surface area contributed by atoms with Crippen molar-refractivity contribution < 1.29 is 23.1 Å². The monoisotopic (exact) mass is 398 g/mol. The molecule has 0 spiro atoms. The average molecular weight is 398 g/mol. The topological polar surface area (TPSA) is 96.8 Å². The Kier molecular flexibility index (Phi) is 4.84. The van der Waals surface area contributed by atoms with Gasteiger partial charge in [-0.2, -0.15) is 4.31 Å². The summed E-state index contributed by atoms with van der Waals surface area (Å²) in [5.74, 6) is -1.19. The van der Waals surface area contributed by atoms with Gasteiger partial charge in [-0.05, 0) is 29.8 Å². The minimum Gasteiger partial charge on any atom is -0.478 e. The number of hydrogen-bond acceptors (Lipinski definition) is 5. The van der Waals surface area contributed by atoms with Crippen molar-refractivity contribution in [3.8, 4) is 11.1 Å². The summed E-state index contributed by atoms with van der Waals surface area (Å²) in [6, 6.07) is 13.5. The molecule has 1 fully saturated rings. The lowest BCUT2D eigenvalue weighted by atomic mass is 10.00. The summed E-state index contributed by atoms with van der Waals surface area (Å²) in [6.07, 6.45) is 1.65. The minimum absolute atomic E-state index is 0.0442. The molecule has 7 nitrogen and oxygen atoms in total. The molecule has 0 unspecified atom stereocenters. The SMILES string of the molecule is O=C(O)c1cc(-c2cccc3cccnc23)cc(S(=O)(=O)N2CCOCC2)c1. The second-order valence-electron chi connectivity index (χ2n) is 6.45. The van der Waals surface area contributed by atoms with Crippen LogP contribution in [0.25, 0.3) is 22.0 Å². The van der Waals surface area contributed by atoms with Gasteiger partial charge in [-0.15, -0.1) is 0 Å². The van der Waals surface area contributed by atoms with Crippen LogP contribution in [0.3, 0.4) is 0 Å². The van der Waals surface area contributed by atoms with Gasteiger partial charge in [0.2, 0.25) is 10.0 Å². The van der Waals surface area contributed by atoms with Gasteiger partial charge in [-0.25, -0.2) is 13.2 Å². The van der Waals surface area contributed by atoms with E-state index in [2.05, 4.69) is 4.98 Å². The fourth-order valence-corrected chi connectivity index (χ4v) is 4.78. The van der Waals surface area contributed by atoms with E-state index in [1.54, 1.807) is 12.3 Å². The standard InChI is InChI=1S/C20H18N2O5S/c23-20(24)16-11-15(18-5-1-3-14-4-2-6-21-19(14)18)12-17(13-16)28(25,26)22-7-9-27-10-8-22/h1-6,11-13H,7-10H2,(H,23,24). The quantitative estimate of drug-likeness (QED) is 0.726. The van der Waals surface area contributed by atoms with Gasteiger partial charge >= 0.3 is 5.97 Å². The Morgan fingerprint density at radius 1 is 1.07 bits per heavy atom. The molecular formula is C20H18N2O5S. The molecular weight excluding hydrogens is 380 g/mol. The second-order valence-corrected chi connectivity index (χ2v) is 8.39. The van der Waals surface area contributed by atoms with Crippen LogP contribution in [0.1, 0.15) is 10.4 Å². The number of nitrogens with zero attached hydrogens (tertiary/aromatic N) is 2. The number of aromatic nitrogens is 1. The molecule has 0 radical (unpaired) electrons. The molecule has 1 N–H and O–H groups in total. The number of carboxylic acid groups (broad SMARTS) is 1. The van der Waals surface area contributed by atoms with Gasteiger partial charge in [0, 0.05) is 30.2 Å². The maximum atomic E-state index is 13.1. The molecule has 1 aromatic heterocycles. The summed E-state index contributed by atoms with van der Waals surface area (Å²) < 4.78 is 32.7. The third-order valence-corrected chi connectivity index (χ3v) is 6.58. The molecule has 2 aromatic carbocycles. The van der Waals surface area contributed by atoms with E-state index in [1.165, 1.54) is 22.5 Å². The molecule has 0 saturated carbocycles. The molecule has 0 amide bonds. The van der Waals surface area contributed by atoms with E-state index in [0.29, 0.717) is 29.9 Å². The molecule has 1 aliphatic heterocycles. The number of aromatic carboxylic acids is 1. The van der Waals surface area contributed by atoms with Crippen LogP contribution in [0, 0.1) is 0 Å². The van der Waals surface area contributed by atoms with Crippen molar-refractivity contribution in [3.63, 3.8) is 0 Å². The third kappa shape index (κ3) is 3.37. The van der Waals surface area contributed by atoms with Gasteiger partial charge in [-0.1, -0.05) is 24.3 Å². The van der Waals surface area contributed by atoms with E-state index in [9.17, 15) is 18.3 Å². The molecule has 1 saturated heterocycles. The van der Waals surface area contributed by atoms with Crippen molar-refractivity contribution in [2.45, 2.75) is 4.90 Å². The van der Waals surface area contributed by atoms with Crippen LogP contribution in [-0.4, -0.2) is 55.1 Å². The molecule has 144 valence electrons. The normalized spacial score (nSPS) is 15.6. The van der Waals surface area contributed by atoms with Crippen LogP contribution in [0.5, 0.6) is 0 Å². The van der Waals surface area contributed by atoms with Crippen molar-refractivity contribution in [2.24, 2.45) is 0 Å². The molecule has 28 heavy (non-hydrogen) atoms. The third-order valence-electron chi connectivity index (χ3n) is 4.71. The molecule has 0 atom stereocenters. The first-order valence-electron chi connectivity index (χ1n) is 8.77. The highest BCUT2D eigenvalue weighted by Crippen LogP contribution is 2.31. The Labute approximate surface area is 162 Å². The number of ether oxygens (including phenoxy) is 1. The lowest BCUT2D eigenvalue weighted by Gasteiger charge is -2.26. The molecule has 0 bridgehead atoms. The number of carbonyl (C=O) groups is 1. The average Bonchev–Trinajstić information content (AvgIpc) is 2.73. The highest BCUT2D eigenvalue weighted by atomic mass is 32.2. The lowest BCUT2D eigenvalue weighted by molar-refractivity contribution is 0.0696. The second kappa shape index (κ2) is 7.31. The summed E-state index contributed by atoms with van der Waals surface area (Å²) in [5, 5.41) is 10.4. The largest absolute Gasteiger partial charge is 0.478 e. The fourth-order valence-electron chi connectivity index (χ4n) is 3.30. The van der Waals surface area contributed by atoms with Gasteiger partial charge in [0.15, 0.2) is 0 Å². The molecule has 8 heteroatoms. The minimum atomic E-state index is -3.83. The lowest BCUT2D eigenvalue weighted by Crippen LogP contribution is -2.40. The van der Waals surface area contributed by atoms with E-state index in [4.69, 9.17) is 4.74 Å². The number of para-hydroxylation sites is 1. The van der Waals surface area contributed by atoms with Gasteiger partial charge in [0.1, 0.15) is 0 Å². The van der Waals surface area contributed by atoms with Crippen molar-refractivity contribution in [1.82, 2.24) is 9.29 Å². The number of morpholine rings is 1. The number of sulfonamides is 1. The van der Waals surface area contributed by atoms with Crippen LogP contribution >= 0.6 is 0 Å². The van der Waals surface area contributed by atoms with Crippen molar-refractivity contribution in [1.29, 1.82) is 0 Å². The summed E-state index contributed by atoms with van der Waals surface area (Å²) in [6.45, 7) is 1.12. The summed E-state index contributed by atoms with van der Waals surface area (Å²) in [7, 11) is -3.83. The van der Waals surface area contributed by atoms with Crippen molar-refractivity contribution in [3.05, 3.63) is 60.3 Å². The molecule has 0 aliphatic carbocycles. The first-order valence-corrected chi connectivity index (χ1v) is 10.2. The Balaban J connectivity index is 1.90. The van der Waals surface area contributed by atoms with Crippen LogP contribution in [0.15, 0.2) is 59.6 Å². The highest BCUT2D eigenvalue weighted by molar-refractivity contribution is 7.89. The number of fused-ring (bicyclic) bond motifs is 1.